The number of fused-ring (bicyclic) bond motifs is 2. The van der Waals surface area contributed by atoms with Gasteiger partial charge < -0.3 is 19.0 Å². The fourth-order valence-electron chi connectivity index (χ4n) is 3.94. The van der Waals surface area contributed by atoms with Crippen LogP contribution in [0.25, 0.3) is 0 Å². The standard InChI is InChI=1S/C21H22N3O4S/c1-21(2,27)17-9-7-14(11-22-17)29(28)24-20(26)23-19-15-5-3-4-12(15)10-13-6-8-16(25)18(13)19/h7,9-11,27H,3-6,8H2,1-2H3,(H,23,26)/q-1. The van der Waals surface area contributed by atoms with Crippen molar-refractivity contribution in [3.8, 4) is 0 Å². The van der Waals surface area contributed by atoms with E-state index in [9.17, 15) is 18.9 Å². The quantitative estimate of drug-likeness (QED) is 0.748. The fourth-order valence-corrected chi connectivity index (χ4v) is 4.56. The number of pyridine rings is 1. The molecule has 2 aromatic rings. The first-order chi connectivity index (χ1) is 13.7. The van der Waals surface area contributed by atoms with Crippen LogP contribution in [0.5, 0.6) is 0 Å². The number of amides is 2. The number of urea groups is 1. The summed E-state index contributed by atoms with van der Waals surface area (Å²) in [6.07, 6.45) is 5.19. The van der Waals surface area contributed by atoms with Crippen LogP contribution in [0.15, 0.2) is 33.7 Å². The molecule has 0 atom stereocenters. The number of hydrogen-bond acceptors (Lipinski definition) is 6. The number of carbonyl (C=O) groups is 2. The molecule has 2 N–H and O–H groups in total. The lowest BCUT2D eigenvalue weighted by molar-refractivity contribution is 0.0737. The van der Waals surface area contributed by atoms with E-state index in [1.165, 1.54) is 17.8 Å². The van der Waals surface area contributed by atoms with Crippen LogP contribution in [0, 0.1) is 0 Å². The predicted octanol–water partition coefficient (Wildman–Crippen LogP) is 3.67. The van der Waals surface area contributed by atoms with Crippen molar-refractivity contribution < 1.29 is 18.9 Å². The minimum Gasteiger partial charge on any atom is -0.439 e. The molecule has 7 nitrogen and oxygen atoms in total. The van der Waals surface area contributed by atoms with Crippen molar-refractivity contribution in [2.24, 2.45) is 4.36 Å². The van der Waals surface area contributed by atoms with Crippen LogP contribution < -0.4 is 5.32 Å². The molecule has 0 radical (unpaired) electrons. The molecule has 0 spiro atoms. The van der Waals surface area contributed by atoms with Gasteiger partial charge in [0.1, 0.15) is 5.60 Å². The number of Topliss-reactive ketones (excluding diaryl/α,β-unsaturated/α-hetero) is 1. The number of hydrogen-bond donors (Lipinski definition) is 2. The summed E-state index contributed by atoms with van der Waals surface area (Å²) in [6.45, 7) is 3.20. The summed E-state index contributed by atoms with van der Waals surface area (Å²) in [5.74, 6) is 0.0255. The van der Waals surface area contributed by atoms with E-state index in [2.05, 4.69) is 20.7 Å². The Morgan fingerprint density at radius 3 is 2.69 bits per heavy atom. The number of ketones is 1. The van der Waals surface area contributed by atoms with Gasteiger partial charge in [0.25, 0.3) is 0 Å². The Hall–Kier alpha value is -2.58. The van der Waals surface area contributed by atoms with Gasteiger partial charge in [0.15, 0.2) is 5.78 Å². The SMILES string of the molecule is CC(C)(O)c1ccc([S-](=O)=NC(=O)Nc2c3c(cc4c2C(=O)CC4)CCC3)cn1. The minimum absolute atomic E-state index is 0.0255. The molecule has 0 saturated carbocycles. The first-order valence-corrected chi connectivity index (χ1v) is 10.7. The Morgan fingerprint density at radius 2 is 2.00 bits per heavy atom. The number of benzene rings is 1. The lowest BCUT2D eigenvalue weighted by atomic mass is 9.98. The van der Waals surface area contributed by atoms with Gasteiger partial charge >= 0.3 is 6.03 Å². The highest BCUT2D eigenvalue weighted by Crippen LogP contribution is 2.38. The molecular weight excluding hydrogens is 390 g/mol. The number of aliphatic hydroxyl groups is 1. The molecule has 2 aliphatic carbocycles. The molecule has 0 fully saturated rings. The number of nitrogens with zero attached hydrogens (tertiary/aromatic N) is 2. The van der Waals surface area contributed by atoms with Gasteiger partial charge in [-0.15, -0.1) is 10.6 Å². The summed E-state index contributed by atoms with van der Waals surface area (Å²) in [4.78, 5) is 29.2. The van der Waals surface area contributed by atoms with E-state index >= 15 is 0 Å². The molecule has 152 valence electrons. The van der Waals surface area contributed by atoms with Gasteiger partial charge in [-0.25, -0.2) is 4.79 Å². The number of rotatable bonds is 3. The average molecular weight is 412 g/mol. The molecule has 2 aliphatic rings. The highest BCUT2D eigenvalue weighted by molar-refractivity contribution is 7.75. The Bertz CT molecular complexity index is 1090. The predicted molar refractivity (Wildman–Crippen MR) is 108 cm³/mol. The molecular formula is C21H22N3O4S-. The van der Waals surface area contributed by atoms with Crippen molar-refractivity contribution in [3.05, 3.63) is 52.3 Å². The van der Waals surface area contributed by atoms with Crippen LogP contribution in [0.2, 0.25) is 0 Å². The van der Waals surface area contributed by atoms with E-state index in [4.69, 9.17) is 0 Å². The van der Waals surface area contributed by atoms with Gasteiger partial charge in [-0.3, -0.25) is 9.78 Å². The highest BCUT2D eigenvalue weighted by Gasteiger charge is 2.29. The lowest BCUT2D eigenvalue weighted by Crippen LogP contribution is -2.17. The molecule has 29 heavy (non-hydrogen) atoms. The van der Waals surface area contributed by atoms with Crippen molar-refractivity contribution >= 4 is 28.1 Å². The zero-order valence-electron chi connectivity index (χ0n) is 16.3. The maximum atomic E-state index is 12.5. The van der Waals surface area contributed by atoms with Crippen LogP contribution in [-0.2, 0) is 39.7 Å². The zero-order chi connectivity index (χ0) is 20.8. The van der Waals surface area contributed by atoms with E-state index in [1.807, 2.05) is 0 Å². The van der Waals surface area contributed by atoms with E-state index in [0.717, 1.165) is 30.4 Å². The summed E-state index contributed by atoms with van der Waals surface area (Å²) < 4.78 is 16.2. The number of aryl methyl sites for hydroxylation is 2. The molecule has 1 aromatic heterocycles. The molecule has 0 bridgehead atoms. The number of carbonyl (C=O) groups excluding carboxylic acids is 2. The molecule has 4 rings (SSSR count). The van der Waals surface area contributed by atoms with E-state index < -0.39 is 22.2 Å². The number of anilines is 1. The average Bonchev–Trinajstić information content (AvgIpc) is 3.28. The van der Waals surface area contributed by atoms with Crippen molar-refractivity contribution in [2.75, 3.05) is 5.32 Å². The summed E-state index contributed by atoms with van der Waals surface area (Å²) in [6, 6.07) is 4.41. The summed E-state index contributed by atoms with van der Waals surface area (Å²) >= 11 is 0. The Balaban J connectivity index is 1.61. The molecule has 8 heteroatoms. The van der Waals surface area contributed by atoms with Gasteiger partial charge in [-0.05, 0) is 62.3 Å². The van der Waals surface area contributed by atoms with Crippen LogP contribution >= 0.6 is 0 Å². The highest BCUT2D eigenvalue weighted by atomic mass is 32.2. The van der Waals surface area contributed by atoms with E-state index in [1.54, 1.807) is 19.9 Å². The summed E-state index contributed by atoms with van der Waals surface area (Å²) in [5.41, 5.74) is 3.56. The third-order valence-electron chi connectivity index (χ3n) is 5.34. The zero-order valence-corrected chi connectivity index (χ0v) is 17.1. The monoisotopic (exact) mass is 412 g/mol. The first kappa shape index (κ1) is 19.7. The van der Waals surface area contributed by atoms with Gasteiger partial charge in [0, 0.05) is 18.2 Å². The second-order valence-corrected chi connectivity index (χ2v) is 9.06. The van der Waals surface area contributed by atoms with Gasteiger partial charge in [0.05, 0.1) is 11.4 Å². The van der Waals surface area contributed by atoms with Crippen molar-refractivity contribution in [1.82, 2.24) is 4.98 Å². The van der Waals surface area contributed by atoms with Crippen molar-refractivity contribution in [3.63, 3.8) is 0 Å². The fraction of sp³-hybridized carbons (Fsp3) is 0.381. The lowest BCUT2D eigenvalue weighted by Gasteiger charge is -2.17. The van der Waals surface area contributed by atoms with Gasteiger partial charge in [-0.1, -0.05) is 17.0 Å². The van der Waals surface area contributed by atoms with Crippen LogP contribution in [0.3, 0.4) is 0 Å². The Kier molecular flexibility index (Phi) is 5.00. The summed E-state index contributed by atoms with van der Waals surface area (Å²) in [7, 11) is -1.94. The number of nitrogens with one attached hydrogen (secondary N) is 1. The smallest absolute Gasteiger partial charge is 0.322 e. The second kappa shape index (κ2) is 7.35. The molecule has 1 aromatic carbocycles. The van der Waals surface area contributed by atoms with Crippen LogP contribution in [0.1, 0.15) is 59.4 Å². The van der Waals surface area contributed by atoms with Gasteiger partial charge in [-0.2, -0.15) is 0 Å². The van der Waals surface area contributed by atoms with Crippen LogP contribution in [0.4, 0.5) is 10.5 Å². The molecule has 0 saturated heterocycles. The van der Waals surface area contributed by atoms with Crippen molar-refractivity contribution in [2.45, 2.75) is 56.4 Å². The number of aromatic nitrogens is 1. The third kappa shape index (κ3) is 3.82. The Labute approximate surface area is 170 Å². The van der Waals surface area contributed by atoms with E-state index in [-0.39, 0.29) is 10.7 Å². The van der Waals surface area contributed by atoms with Gasteiger partial charge in [0.2, 0.25) is 0 Å². The largest absolute Gasteiger partial charge is 0.439 e. The maximum absolute atomic E-state index is 12.5. The summed E-state index contributed by atoms with van der Waals surface area (Å²) in [5, 5.41) is 12.7. The Morgan fingerprint density at radius 1 is 1.21 bits per heavy atom. The first-order valence-electron chi connectivity index (χ1n) is 9.58. The minimum atomic E-state index is -1.94. The maximum Gasteiger partial charge on any atom is 0.322 e. The topological polar surface area (TPSA) is 109 Å². The van der Waals surface area contributed by atoms with Crippen molar-refractivity contribution in [1.29, 1.82) is 0 Å². The second-order valence-electron chi connectivity index (χ2n) is 7.91. The van der Waals surface area contributed by atoms with Crippen LogP contribution in [-0.4, -0.2) is 21.9 Å². The molecule has 0 unspecified atom stereocenters. The molecule has 2 amide bonds. The van der Waals surface area contributed by atoms with E-state index in [0.29, 0.717) is 29.8 Å². The third-order valence-corrected chi connectivity index (χ3v) is 6.32. The molecule has 0 aliphatic heterocycles. The molecule has 1 heterocycles. The normalized spacial score (nSPS) is 16.6.